The van der Waals surface area contributed by atoms with Crippen molar-refractivity contribution in [2.75, 3.05) is 5.32 Å². The molecule has 1 aromatic carbocycles. The van der Waals surface area contributed by atoms with Gasteiger partial charge in [-0.2, -0.15) is 18.4 Å². The van der Waals surface area contributed by atoms with Crippen LogP contribution >= 0.6 is 0 Å². The summed E-state index contributed by atoms with van der Waals surface area (Å²) in [5.41, 5.74) is -0.221. The van der Waals surface area contributed by atoms with Gasteiger partial charge in [0.25, 0.3) is 17.6 Å². The normalized spacial score (nSPS) is 11.9. The minimum atomic E-state index is -4.83. The van der Waals surface area contributed by atoms with Gasteiger partial charge in [0.1, 0.15) is 23.6 Å². The van der Waals surface area contributed by atoms with Crippen molar-refractivity contribution in [2.24, 2.45) is 7.05 Å². The van der Waals surface area contributed by atoms with Crippen LogP contribution in [0.3, 0.4) is 0 Å². The maximum absolute atomic E-state index is 13.5. The zero-order chi connectivity index (χ0) is 24.4. The molecule has 0 aliphatic rings. The van der Waals surface area contributed by atoms with Crippen molar-refractivity contribution < 1.29 is 31.9 Å². The Hall–Kier alpha value is -3.94. The lowest BCUT2D eigenvalue weighted by molar-refractivity contribution is -0.150. The molecule has 0 fully saturated rings. The molecule has 2 aromatic rings. The monoisotopic (exact) mass is 450 g/mol. The number of ketones is 1. The number of benzene rings is 1. The number of nitriles is 1. The predicted molar refractivity (Wildman–Crippen MR) is 106 cm³/mol. The SMILES string of the molecule is C=CC(NC(=O)C(=O)c1c(C)c(C(=O)Nc2ccc(F)c(C#N)c2)n(C)c1C)C(F)(F)F. The third kappa shape index (κ3) is 4.69. The summed E-state index contributed by atoms with van der Waals surface area (Å²) in [4.78, 5) is 37.5. The number of amides is 2. The van der Waals surface area contributed by atoms with Crippen LogP contribution in [0.5, 0.6) is 0 Å². The molecule has 1 atom stereocenters. The van der Waals surface area contributed by atoms with Crippen LogP contribution in [0.2, 0.25) is 0 Å². The van der Waals surface area contributed by atoms with Crippen molar-refractivity contribution in [1.82, 2.24) is 9.88 Å². The van der Waals surface area contributed by atoms with Crippen LogP contribution in [0, 0.1) is 31.0 Å². The van der Waals surface area contributed by atoms with E-state index in [1.54, 1.807) is 11.4 Å². The molecule has 1 aromatic heterocycles. The number of carbonyl (C=O) groups is 3. The van der Waals surface area contributed by atoms with Crippen LogP contribution in [0.4, 0.5) is 23.2 Å². The molecule has 0 saturated heterocycles. The summed E-state index contributed by atoms with van der Waals surface area (Å²) >= 11 is 0. The van der Waals surface area contributed by atoms with E-state index in [9.17, 15) is 31.9 Å². The van der Waals surface area contributed by atoms with E-state index in [1.807, 2.05) is 0 Å². The van der Waals surface area contributed by atoms with E-state index < -0.39 is 35.6 Å². The minimum Gasteiger partial charge on any atom is -0.343 e. The fourth-order valence-electron chi connectivity index (χ4n) is 3.11. The first-order chi connectivity index (χ1) is 14.8. The first-order valence-corrected chi connectivity index (χ1v) is 9.04. The Morgan fingerprint density at radius 2 is 1.88 bits per heavy atom. The second-order valence-corrected chi connectivity index (χ2v) is 6.81. The Bertz CT molecular complexity index is 1160. The number of hydrogen-bond acceptors (Lipinski definition) is 4. The lowest BCUT2D eigenvalue weighted by Gasteiger charge is -2.17. The largest absolute Gasteiger partial charge is 0.412 e. The number of hydrogen-bond donors (Lipinski definition) is 2. The van der Waals surface area contributed by atoms with Gasteiger partial charge in [0, 0.05) is 18.4 Å². The molecule has 2 amide bonds. The summed E-state index contributed by atoms with van der Waals surface area (Å²) < 4.78 is 53.4. The summed E-state index contributed by atoms with van der Waals surface area (Å²) in [6.45, 7) is 5.79. The van der Waals surface area contributed by atoms with E-state index in [1.165, 1.54) is 31.5 Å². The lowest BCUT2D eigenvalue weighted by Crippen LogP contribution is -2.46. The van der Waals surface area contributed by atoms with Gasteiger partial charge >= 0.3 is 6.18 Å². The van der Waals surface area contributed by atoms with Crippen molar-refractivity contribution in [3.8, 4) is 6.07 Å². The number of anilines is 1. The van der Waals surface area contributed by atoms with E-state index >= 15 is 0 Å². The number of aromatic nitrogens is 1. The first-order valence-electron chi connectivity index (χ1n) is 9.04. The molecule has 0 bridgehead atoms. The lowest BCUT2D eigenvalue weighted by atomic mass is 10.0. The highest BCUT2D eigenvalue weighted by Gasteiger charge is 2.40. The molecule has 2 rings (SSSR count). The van der Waals surface area contributed by atoms with Gasteiger partial charge in [-0.05, 0) is 37.6 Å². The summed E-state index contributed by atoms with van der Waals surface area (Å²) in [6, 6.07) is 2.55. The number of Topliss-reactive ketones (excluding diaryl/α,β-unsaturated/α-hetero) is 1. The van der Waals surface area contributed by atoms with E-state index in [0.29, 0.717) is 6.08 Å². The number of halogens is 4. The first kappa shape index (κ1) is 24.3. The van der Waals surface area contributed by atoms with Crippen molar-refractivity contribution in [1.29, 1.82) is 5.26 Å². The molecule has 1 heterocycles. The van der Waals surface area contributed by atoms with Crippen LogP contribution < -0.4 is 10.6 Å². The second kappa shape index (κ2) is 9.05. The number of nitrogens with one attached hydrogen (secondary N) is 2. The zero-order valence-corrected chi connectivity index (χ0v) is 17.2. The Morgan fingerprint density at radius 1 is 1.25 bits per heavy atom. The maximum Gasteiger partial charge on any atom is 0.412 e. The molecule has 0 spiro atoms. The van der Waals surface area contributed by atoms with Crippen molar-refractivity contribution >= 4 is 23.3 Å². The van der Waals surface area contributed by atoms with Crippen LogP contribution in [-0.2, 0) is 11.8 Å². The van der Waals surface area contributed by atoms with Gasteiger partial charge in [0.15, 0.2) is 0 Å². The molecule has 2 N–H and O–H groups in total. The Labute approximate surface area is 180 Å². The van der Waals surface area contributed by atoms with Crippen LogP contribution in [0.1, 0.15) is 37.7 Å². The quantitative estimate of drug-likeness (QED) is 0.305. The third-order valence-corrected chi connectivity index (χ3v) is 4.80. The van der Waals surface area contributed by atoms with E-state index in [0.717, 1.165) is 12.1 Å². The molecular weight excluding hydrogens is 432 g/mol. The third-order valence-electron chi connectivity index (χ3n) is 4.80. The smallest absolute Gasteiger partial charge is 0.343 e. The molecule has 0 aliphatic heterocycles. The average Bonchev–Trinajstić information content (AvgIpc) is 2.94. The predicted octanol–water partition coefficient (Wildman–Crippen LogP) is 3.32. The summed E-state index contributed by atoms with van der Waals surface area (Å²) in [5.74, 6) is -4.26. The van der Waals surface area contributed by atoms with Crippen LogP contribution in [0.15, 0.2) is 30.9 Å². The molecule has 0 saturated carbocycles. The molecule has 32 heavy (non-hydrogen) atoms. The summed E-state index contributed by atoms with van der Waals surface area (Å²) in [5, 5.41) is 12.9. The fourth-order valence-corrected chi connectivity index (χ4v) is 3.11. The highest BCUT2D eigenvalue weighted by atomic mass is 19.4. The van der Waals surface area contributed by atoms with Crippen LogP contribution in [0.25, 0.3) is 0 Å². The fraction of sp³-hybridized carbons (Fsp3) is 0.238. The van der Waals surface area contributed by atoms with Gasteiger partial charge in [-0.25, -0.2) is 4.39 Å². The number of carbonyl (C=O) groups excluding carboxylic acids is 3. The van der Waals surface area contributed by atoms with Gasteiger partial charge in [0.2, 0.25) is 0 Å². The summed E-state index contributed by atoms with van der Waals surface area (Å²) in [7, 11) is 1.43. The standard InChI is InChI=1S/C21H18F4N4O3/c1-5-15(21(23,24)25)28-20(32)18(30)16-10(2)17(29(4)11(16)3)19(31)27-13-6-7-14(22)12(8-13)9-26/h5-8,15H,1H2,2-4H3,(H,27,31)(H,28,32). The van der Waals surface area contributed by atoms with Gasteiger partial charge in [-0.15, -0.1) is 6.58 Å². The zero-order valence-electron chi connectivity index (χ0n) is 17.2. The van der Waals surface area contributed by atoms with Gasteiger partial charge in [0.05, 0.1) is 11.1 Å². The van der Waals surface area contributed by atoms with Gasteiger partial charge < -0.3 is 15.2 Å². The van der Waals surface area contributed by atoms with Gasteiger partial charge in [-0.1, -0.05) is 6.08 Å². The van der Waals surface area contributed by atoms with Crippen molar-refractivity contribution in [3.05, 3.63) is 64.7 Å². The number of alkyl halides is 3. The van der Waals surface area contributed by atoms with Crippen molar-refractivity contribution in [3.63, 3.8) is 0 Å². The van der Waals surface area contributed by atoms with E-state index in [2.05, 4.69) is 11.9 Å². The molecule has 7 nitrogen and oxygen atoms in total. The molecule has 11 heteroatoms. The van der Waals surface area contributed by atoms with E-state index in [4.69, 9.17) is 5.26 Å². The van der Waals surface area contributed by atoms with Crippen molar-refractivity contribution in [2.45, 2.75) is 26.1 Å². The summed E-state index contributed by atoms with van der Waals surface area (Å²) in [6.07, 6.45) is -4.38. The molecular formula is C21H18F4N4O3. The minimum absolute atomic E-state index is 0.0439. The van der Waals surface area contributed by atoms with E-state index in [-0.39, 0.29) is 33.8 Å². The molecule has 1 unspecified atom stereocenters. The topological polar surface area (TPSA) is 104 Å². The number of nitrogens with zero attached hydrogens (tertiary/aromatic N) is 2. The maximum atomic E-state index is 13.5. The van der Waals surface area contributed by atoms with Gasteiger partial charge in [-0.3, -0.25) is 14.4 Å². The highest BCUT2D eigenvalue weighted by molar-refractivity contribution is 6.43. The Balaban J connectivity index is 2.37. The Kier molecular flexibility index (Phi) is 6.88. The molecule has 0 radical (unpaired) electrons. The average molecular weight is 450 g/mol. The highest BCUT2D eigenvalue weighted by Crippen LogP contribution is 2.25. The number of rotatable bonds is 6. The molecule has 168 valence electrons. The van der Waals surface area contributed by atoms with Crippen LogP contribution in [-0.4, -0.2) is 34.4 Å². The Morgan fingerprint density at radius 3 is 2.41 bits per heavy atom. The second-order valence-electron chi connectivity index (χ2n) is 6.81. The molecule has 0 aliphatic carbocycles.